The summed E-state index contributed by atoms with van der Waals surface area (Å²) in [5, 5.41) is 0. The molecule has 0 saturated heterocycles. The molecule has 0 aromatic rings. The minimum Gasteiger partial charge on any atom is -0.465 e. The smallest absolute Gasteiger partial charge is 0.318 e. The Morgan fingerprint density at radius 1 is 1.60 bits per heavy atom. The number of primary amides is 1. The van der Waals surface area contributed by atoms with E-state index in [1.165, 1.54) is 6.92 Å². The number of amides is 1. The van der Waals surface area contributed by atoms with Crippen LogP contribution in [-0.4, -0.2) is 18.5 Å². The summed E-state index contributed by atoms with van der Waals surface area (Å²) in [6.45, 7) is 3.36. The van der Waals surface area contributed by atoms with E-state index in [0.29, 0.717) is 0 Å². The van der Waals surface area contributed by atoms with E-state index in [0.717, 1.165) is 0 Å². The number of esters is 1. The molecule has 0 fully saturated rings. The predicted molar refractivity (Wildman–Crippen MR) is 35.0 cm³/mol. The summed E-state index contributed by atoms with van der Waals surface area (Å²) in [5.74, 6) is -2.05. The van der Waals surface area contributed by atoms with Crippen molar-refractivity contribution in [3.8, 4) is 0 Å². The standard InChI is InChI=1S/C6H11NO3/c1-3-10-6(9)4(2)5(7)8/h4H,3H2,1-2H3,(H2,7,8). The number of ether oxygens (including phenoxy) is 1. The molecule has 0 aromatic carbocycles. The van der Waals surface area contributed by atoms with E-state index in [2.05, 4.69) is 4.74 Å². The average molecular weight is 145 g/mol. The van der Waals surface area contributed by atoms with Gasteiger partial charge in [0.25, 0.3) is 0 Å². The van der Waals surface area contributed by atoms with Crippen molar-refractivity contribution in [1.82, 2.24) is 0 Å². The Morgan fingerprint density at radius 3 is 2.40 bits per heavy atom. The van der Waals surface area contributed by atoms with Crippen LogP contribution in [0.3, 0.4) is 0 Å². The number of hydrogen-bond acceptors (Lipinski definition) is 3. The third-order valence-corrected chi connectivity index (χ3v) is 1.07. The molecule has 58 valence electrons. The van der Waals surface area contributed by atoms with E-state index in [1.54, 1.807) is 6.92 Å². The Labute approximate surface area is 59.3 Å². The second-order valence-corrected chi connectivity index (χ2v) is 1.88. The molecule has 10 heavy (non-hydrogen) atoms. The quantitative estimate of drug-likeness (QED) is 0.436. The molecule has 0 aliphatic rings. The van der Waals surface area contributed by atoms with Crippen molar-refractivity contribution in [2.45, 2.75) is 13.8 Å². The largest absolute Gasteiger partial charge is 0.465 e. The lowest BCUT2D eigenvalue weighted by molar-refractivity contribution is -0.150. The van der Waals surface area contributed by atoms with Crippen molar-refractivity contribution in [3.63, 3.8) is 0 Å². The van der Waals surface area contributed by atoms with Gasteiger partial charge >= 0.3 is 5.97 Å². The van der Waals surface area contributed by atoms with Gasteiger partial charge < -0.3 is 10.5 Å². The van der Waals surface area contributed by atoms with E-state index in [-0.39, 0.29) is 6.61 Å². The van der Waals surface area contributed by atoms with Crippen LogP contribution < -0.4 is 5.73 Å². The van der Waals surface area contributed by atoms with E-state index in [9.17, 15) is 9.59 Å². The molecule has 1 atom stereocenters. The lowest BCUT2D eigenvalue weighted by atomic mass is 10.2. The predicted octanol–water partition coefficient (Wildman–Crippen LogP) is -0.329. The number of rotatable bonds is 3. The zero-order valence-electron chi connectivity index (χ0n) is 6.09. The van der Waals surface area contributed by atoms with Crippen molar-refractivity contribution in [2.24, 2.45) is 11.7 Å². The Kier molecular flexibility index (Phi) is 3.46. The molecule has 0 radical (unpaired) electrons. The molecule has 1 unspecified atom stereocenters. The second-order valence-electron chi connectivity index (χ2n) is 1.88. The van der Waals surface area contributed by atoms with Gasteiger partial charge in [-0.05, 0) is 13.8 Å². The first kappa shape index (κ1) is 8.94. The summed E-state index contributed by atoms with van der Waals surface area (Å²) >= 11 is 0. The fourth-order valence-corrected chi connectivity index (χ4v) is 0.383. The van der Waals surface area contributed by atoms with Crippen LogP contribution in [0.25, 0.3) is 0 Å². The summed E-state index contributed by atoms with van der Waals surface area (Å²) in [5.41, 5.74) is 4.83. The molecule has 0 aliphatic carbocycles. The Bertz CT molecular complexity index is 144. The van der Waals surface area contributed by atoms with Gasteiger partial charge in [-0.25, -0.2) is 0 Å². The van der Waals surface area contributed by atoms with E-state index >= 15 is 0 Å². The molecule has 0 aromatic heterocycles. The van der Waals surface area contributed by atoms with Gasteiger partial charge in [0.1, 0.15) is 5.92 Å². The van der Waals surface area contributed by atoms with Crippen molar-refractivity contribution in [1.29, 1.82) is 0 Å². The zero-order chi connectivity index (χ0) is 8.15. The first-order valence-electron chi connectivity index (χ1n) is 3.05. The minimum absolute atomic E-state index is 0.274. The highest BCUT2D eigenvalue weighted by Crippen LogP contribution is 1.95. The highest BCUT2D eigenvalue weighted by Gasteiger charge is 2.18. The van der Waals surface area contributed by atoms with Gasteiger partial charge in [0.2, 0.25) is 5.91 Å². The lowest BCUT2D eigenvalue weighted by Gasteiger charge is -2.04. The van der Waals surface area contributed by atoms with Crippen molar-refractivity contribution >= 4 is 11.9 Å². The van der Waals surface area contributed by atoms with Crippen LogP contribution in [-0.2, 0) is 14.3 Å². The molecule has 1 amide bonds. The lowest BCUT2D eigenvalue weighted by Crippen LogP contribution is -2.29. The van der Waals surface area contributed by atoms with Gasteiger partial charge in [-0.1, -0.05) is 0 Å². The first-order chi connectivity index (χ1) is 4.59. The number of carbonyl (C=O) groups is 2. The van der Waals surface area contributed by atoms with E-state index in [4.69, 9.17) is 5.73 Å². The molecule has 0 aliphatic heterocycles. The first-order valence-corrected chi connectivity index (χ1v) is 3.05. The highest BCUT2D eigenvalue weighted by molar-refractivity contribution is 5.96. The molecular weight excluding hydrogens is 134 g/mol. The maximum Gasteiger partial charge on any atom is 0.318 e. The van der Waals surface area contributed by atoms with Gasteiger partial charge in [-0.3, -0.25) is 9.59 Å². The fraction of sp³-hybridized carbons (Fsp3) is 0.667. The fourth-order valence-electron chi connectivity index (χ4n) is 0.383. The van der Waals surface area contributed by atoms with Gasteiger partial charge in [0.05, 0.1) is 6.61 Å². The Hall–Kier alpha value is -1.06. The van der Waals surface area contributed by atoms with Gasteiger partial charge in [-0.2, -0.15) is 0 Å². The Morgan fingerprint density at radius 2 is 2.10 bits per heavy atom. The summed E-state index contributed by atoms with van der Waals surface area (Å²) in [6, 6.07) is 0. The van der Waals surface area contributed by atoms with Crippen LogP contribution >= 0.6 is 0 Å². The summed E-state index contributed by atoms with van der Waals surface area (Å²) in [4.78, 5) is 21.0. The van der Waals surface area contributed by atoms with Crippen LogP contribution in [0.15, 0.2) is 0 Å². The van der Waals surface area contributed by atoms with Crippen LogP contribution in [0, 0.1) is 5.92 Å². The van der Waals surface area contributed by atoms with Gasteiger partial charge in [-0.15, -0.1) is 0 Å². The van der Waals surface area contributed by atoms with Gasteiger partial charge in [0.15, 0.2) is 0 Å². The van der Waals surface area contributed by atoms with E-state index in [1.807, 2.05) is 0 Å². The molecule has 0 rings (SSSR count). The Balaban J connectivity index is 3.82. The average Bonchev–Trinajstić information content (AvgIpc) is 1.87. The number of carbonyl (C=O) groups excluding carboxylic acids is 2. The van der Waals surface area contributed by atoms with Gasteiger partial charge in [0, 0.05) is 0 Å². The van der Waals surface area contributed by atoms with E-state index < -0.39 is 17.8 Å². The molecule has 2 N–H and O–H groups in total. The monoisotopic (exact) mass is 145 g/mol. The zero-order valence-corrected chi connectivity index (χ0v) is 6.09. The molecule has 0 heterocycles. The molecule has 4 heteroatoms. The second kappa shape index (κ2) is 3.87. The van der Waals surface area contributed by atoms with Crippen LogP contribution in [0.1, 0.15) is 13.8 Å². The number of hydrogen-bond donors (Lipinski definition) is 1. The van der Waals surface area contributed by atoms with Crippen LogP contribution in [0.5, 0.6) is 0 Å². The SMILES string of the molecule is CCOC(=O)C(C)C(N)=O. The summed E-state index contributed by atoms with van der Waals surface area (Å²) < 4.78 is 4.53. The minimum atomic E-state index is -0.833. The maximum atomic E-state index is 10.7. The summed E-state index contributed by atoms with van der Waals surface area (Å²) in [7, 11) is 0. The van der Waals surface area contributed by atoms with Crippen molar-refractivity contribution in [3.05, 3.63) is 0 Å². The van der Waals surface area contributed by atoms with Crippen LogP contribution in [0.2, 0.25) is 0 Å². The molecule has 0 spiro atoms. The molecule has 0 bridgehead atoms. The van der Waals surface area contributed by atoms with Crippen molar-refractivity contribution < 1.29 is 14.3 Å². The van der Waals surface area contributed by atoms with Crippen LogP contribution in [0.4, 0.5) is 0 Å². The third kappa shape index (κ3) is 2.48. The molecular formula is C6H11NO3. The number of nitrogens with two attached hydrogens (primary N) is 1. The summed E-state index contributed by atoms with van der Waals surface area (Å²) in [6.07, 6.45) is 0. The molecule has 4 nitrogen and oxygen atoms in total. The third-order valence-electron chi connectivity index (χ3n) is 1.07. The topological polar surface area (TPSA) is 69.4 Å². The highest BCUT2D eigenvalue weighted by atomic mass is 16.5. The maximum absolute atomic E-state index is 10.7. The van der Waals surface area contributed by atoms with Crippen molar-refractivity contribution in [2.75, 3.05) is 6.61 Å². The molecule has 0 saturated carbocycles. The normalized spacial score (nSPS) is 12.2.